The normalized spacial score (nSPS) is 19.3. The lowest BCUT2D eigenvalue weighted by molar-refractivity contribution is -0.119. The summed E-state index contributed by atoms with van der Waals surface area (Å²) in [7, 11) is 0. The van der Waals surface area contributed by atoms with E-state index in [1.807, 2.05) is 18.2 Å². The van der Waals surface area contributed by atoms with Crippen LogP contribution >= 0.6 is 11.8 Å². The fraction of sp³-hybridized carbons (Fsp3) is 0.368. The molecule has 0 aliphatic heterocycles. The first kappa shape index (κ1) is 18.2. The molecule has 0 spiro atoms. The van der Waals surface area contributed by atoms with Crippen LogP contribution < -0.4 is 10.1 Å². The zero-order valence-corrected chi connectivity index (χ0v) is 15.1. The molecule has 0 saturated heterocycles. The number of carbonyl (C=O) groups is 1. The lowest BCUT2D eigenvalue weighted by Crippen LogP contribution is -2.40. The Bertz CT molecular complexity index is 753. The quantitative estimate of drug-likeness (QED) is 0.789. The van der Waals surface area contributed by atoms with Crippen molar-refractivity contribution in [2.24, 2.45) is 0 Å². The number of carbonyl (C=O) groups excluding carboxylic acids is 1. The number of thioether (sulfide) groups is 1. The third-order valence-corrected chi connectivity index (χ3v) is 5.22. The van der Waals surface area contributed by atoms with Gasteiger partial charge >= 0.3 is 0 Å². The van der Waals surface area contributed by atoms with Gasteiger partial charge in [0, 0.05) is 35.6 Å². The number of nitrogens with zero attached hydrogens (tertiary/aromatic N) is 3. The molecule has 1 aliphatic rings. The van der Waals surface area contributed by atoms with Crippen molar-refractivity contribution in [2.45, 2.75) is 42.7 Å². The van der Waals surface area contributed by atoms with Crippen molar-refractivity contribution in [2.75, 3.05) is 5.75 Å². The van der Waals surface area contributed by atoms with Crippen molar-refractivity contribution >= 4 is 17.7 Å². The largest absolute Gasteiger partial charge is 0.474 e. The topological polar surface area (TPSA) is 87.9 Å². The molecule has 26 heavy (non-hydrogen) atoms. The van der Waals surface area contributed by atoms with E-state index in [1.165, 1.54) is 18.0 Å². The molecule has 2 heterocycles. The monoisotopic (exact) mass is 368 g/mol. The fourth-order valence-corrected chi connectivity index (χ4v) is 3.56. The lowest BCUT2D eigenvalue weighted by atomic mass is 9.93. The second kappa shape index (κ2) is 9.20. The van der Waals surface area contributed by atoms with E-state index in [0.29, 0.717) is 17.2 Å². The van der Waals surface area contributed by atoms with Gasteiger partial charge in [0.2, 0.25) is 11.8 Å². The van der Waals surface area contributed by atoms with Crippen molar-refractivity contribution in [3.8, 4) is 11.9 Å². The van der Waals surface area contributed by atoms with Crippen molar-refractivity contribution in [3.05, 3.63) is 48.4 Å². The fourth-order valence-electron chi connectivity index (χ4n) is 2.86. The Kier molecular flexibility index (Phi) is 6.45. The first-order valence-electron chi connectivity index (χ1n) is 8.58. The molecule has 0 aromatic carbocycles. The highest BCUT2D eigenvalue weighted by Crippen LogP contribution is 2.23. The Morgan fingerprint density at radius 2 is 2.00 bits per heavy atom. The van der Waals surface area contributed by atoms with Gasteiger partial charge in [-0.05, 0) is 43.9 Å². The minimum atomic E-state index is 0.0601. The summed E-state index contributed by atoms with van der Waals surface area (Å²) in [6.45, 7) is 0. The molecule has 0 unspecified atom stereocenters. The summed E-state index contributed by atoms with van der Waals surface area (Å²) in [5.74, 6) is 1.02. The van der Waals surface area contributed by atoms with Crippen molar-refractivity contribution in [1.29, 1.82) is 5.26 Å². The first-order chi connectivity index (χ1) is 12.7. The van der Waals surface area contributed by atoms with E-state index in [1.54, 1.807) is 24.5 Å². The molecular formula is C19H20N4O2S. The third-order valence-electron chi connectivity index (χ3n) is 4.21. The third kappa shape index (κ3) is 5.46. The predicted molar refractivity (Wildman–Crippen MR) is 98.7 cm³/mol. The molecule has 7 heteroatoms. The Morgan fingerprint density at radius 1 is 1.23 bits per heavy atom. The molecular weight excluding hydrogens is 348 g/mol. The number of rotatable bonds is 6. The van der Waals surface area contributed by atoms with Gasteiger partial charge in [0.25, 0.3) is 0 Å². The van der Waals surface area contributed by atoms with Gasteiger partial charge in [0.1, 0.15) is 12.2 Å². The van der Waals surface area contributed by atoms with Gasteiger partial charge in [-0.2, -0.15) is 5.26 Å². The number of hydrogen-bond acceptors (Lipinski definition) is 6. The Labute approximate surface area is 157 Å². The SMILES string of the molecule is N#Cc1ccc(OC2CCC(NC(=O)CSc3ccncc3)CC2)nc1. The highest BCUT2D eigenvalue weighted by Gasteiger charge is 2.23. The van der Waals surface area contributed by atoms with Gasteiger partial charge in [-0.3, -0.25) is 9.78 Å². The Hall–Kier alpha value is -2.59. The van der Waals surface area contributed by atoms with Gasteiger partial charge in [-0.15, -0.1) is 11.8 Å². The predicted octanol–water partition coefficient (Wildman–Crippen LogP) is 2.95. The molecule has 3 rings (SSSR count). The van der Waals surface area contributed by atoms with Gasteiger partial charge in [0.15, 0.2) is 0 Å². The molecule has 0 bridgehead atoms. The summed E-state index contributed by atoms with van der Waals surface area (Å²) in [5, 5.41) is 11.9. The summed E-state index contributed by atoms with van der Waals surface area (Å²) in [5.41, 5.74) is 0.522. The van der Waals surface area contributed by atoms with Crippen LogP contribution in [0.5, 0.6) is 5.88 Å². The van der Waals surface area contributed by atoms with E-state index in [2.05, 4.69) is 15.3 Å². The van der Waals surface area contributed by atoms with Crippen LogP contribution in [0.2, 0.25) is 0 Å². The number of nitrogens with one attached hydrogen (secondary N) is 1. The molecule has 2 aromatic rings. The van der Waals surface area contributed by atoms with Crippen LogP contribution in [0.4, 0.5) is 0 Å². The number of aromatic nitrogens is 2. The van der Waals surface area contributed by atoms with Gasteiger partial charge in [-0.1, -0.05) is 0 Å². The van der Waals surface area contributed by atoms with Crippen LogP contribution in [-0.2, 0) is 4.79 Å². The highest BCUT2D eigenvalue weighted by molar-refractivity contribution is 8.00. The molecule has 6 nitrogen and oxygen atoms in total. The standard InChI is InChI=1S/C19H20N4O2S/c20-11-14-1-6-19(22-12-14)25-16-4-2-15(3-5-16)23-18(24)13-26-17-7-9-21-10-8-17/h1,6-10,12,15-16H,2-5,13H2,(H,23,24). The maximum atomic E-state index is 12.1. The Morgan fingerprint density at radius 3 is 2.65 bits per heavy atom. The Balaban J connectivity index is 1.37. The molecule has 134 valence electrons. The van der Waals surface area contributed by atoms with E-state index in [4.69, 9.17) is 10.00 Å². The van der Waals surface area contributed by atoms with Crippen LogP contribution in [0.1, 0.15) is 31.2 Å². The summed E-state index contributed by atoms with van der Waals surface area (Å²) in [6, 6.07) is 9.47. The van der Waals surface area contributed by atoms with Crippen molar-refractivity contribution in [3.63, 3.8) is 0 Å². The van der Waals surface area contributed by atoms with Crippen LogP contribution in [0.3, 0.4) is 0 Å². The molecule has 1 aliphatic carbocycles. The van der Waals surface area contributed by atoms with E-state index in [-0.39, 0.29) is 18.1 Å². The molecule has 1 saturated carbocycles. The van der Waals surface area contributed by atoms with Gasteiger partial charge < -0.3 is 10.1 Å². The van der Waals surface area contributed by atoms with Crippen LogP contribution in [-0.4, -0.2) is 33.8 Å². The second-order valence-corrected chi connectivity index (χ2v) is 7.18. The molecule has 1 N–H and O–H groups in total. The second-order valence-electron chi connectivity index (χ2n) is 6.13. The maximum absolute atomic E-state index is 12.1. The van der Waals surface area contributed by atoms with E-state index >= 15 is 0 Å². The average molecular weight is 368 g/mol. The minimum Gasteiger partial charge on any atom is -0.474 e. The number of amides is 1. The zero-order valence-electron chi connectivity index (χ0n) is 14.3. The highest BCUT2D eigenvalue weighted by atomic mass is 32.2. The molecule has 0 radical (unpaired) electrons. The lowest BCUT2D eigenvalue weighted by Gasteiger charge is -2.29. The number of pyridine rings is 2. The number of ether oxygens (including phenoxy) is 1. The average Bonchev–Trinajstić information content (AvgIpc) is 2.69. The molecule has 1 fully saturated rings. The van der Waals surface area contributed by atoms with Crippen molar-refractivity contribution < 1.29 is 9.53 Å². The maximum Gasteiger partial charge on any atom is 0.230 e. The number of nitriles is 1. The zero-order chi connectivity index (χ0) is 18.2. The van der Waals surface area contributed by atoms with E-state index in [9.17, 15) is 4.79 Å². The molecule has 2 aromatic heterocycles. The van der Waals surface area contributed by atoms with Crippen LogP contribution in [0.25, 0.3) is 0 Å². The summed E-state index contributed by atoms with van der Waals surface area (Å²) < 4.78 is 5.87. The summed E-state index contributed by atoms with van der Waals surface area (Å²) in [4.78, 5) is 21.3. The van der Waals surface area contributed by atoms with Gasteiger partial charge in [0.05, 0.1) is 11.3 Å². The van der Waals surface area contributed by atoms with Crippen LogP contribution in [0, 0.1) is 11.3 Å². The molecule has 0 atom stereocenters. The minimum absolute atomic E-state index is 0.0601. The van der Waals surface area contributed by atoms with Crippen LogP contribution in [0.15, 0.2) is 47.8 Å². The van der Waals surface area contributed by atoms with E-state index in [0.717, 1.165) is 30.6 Å². The van der Waals surface area contributed by atoms with Gasteiger partial charge in [-0.25, -0.2) is 4.98 Å². The summed E-state index contributed by atoms with van der Waals surface area (Å²) in [6.07, 6.45) is 8.62. The number of hydrogen-bond donors (Lipinski definition) is 1. The van der Waals surface area contributed by atoms with Crippen molar-refractivity contribution in [1.82, 2.24) is 15.3 Å². The molecule has 1 amide bonds. The smallest absolute Gasteiger partial charge is 0.230 e. The van der Waals surface area contributed by atoms with E-state index < -0.39 is 0 Å². The first-order valence-corrected chi connectivity index (χ1v) is 9.56. The summed E-state index contributed by atoms with van der Waals surface area (Å²) >= 11 is 1.51.